The molecule has 0 bridgehead atoms. The molecule has 0 heterocycles. The van der Waals surface area contributed by atoms with E-state index in [9.17, 15) is 0 Å². The molecule has 0 fully saturated rings. The number of unbranched alkanes of at least 4 members (excludes halogenated alkanes) is 2. The molecule has 0 radical (unpaired) electrons. The van der Waals surface area contributed by atoms with Crippen LogP contribution in [0, 0.1) is 0 Å². The highest BCUT2D eigenvalue weighted by Crippen LogP contribution is 2.26. The van der Waals surface area contributed by atoms with Gasteiger partial charge in [-0.25, -0.2) is 0 Å². The van der Waals surface area contributed by atoms with Gasteiger partial charge in [0.25, 0.3) is 0 Å². The maximum absolute atomic E-state index is 5.75. The molecular weight excluding hydrogens is 216 g/mol. The Hall–Kier alpha value is -0.630. The highest BCUT2D eigenvalue weighted by atomic mass is 32.1. The molecule has 88 valence electrons. The second kappa shape index (κ2) is 6.19. The van der Waals surface area contributed by atoms with Gasteiger partial charge in [-0.2, -0.15) is 12.6 Å². The van der Waals surface area contributed by atoms with Crippen LogP contribution in [0.15, 0.2) is 18.2 Å². The van der Waals surface area contributed by atoms with E-state index >= 15 is 0 Å². The predicted octanol–water partition coefficient (Wildman–Crippen LogP) is 3.65. The first-order chi connectivity index (χ1) is 7.90. The van der Waals surface area contributed by atoms with Crippen LogP contribution in [0.25, 0.3) is 0 Å². The SMILES string of the molecule is SCCCCCOc1ccc2c(c1)CCC2. The topological polar surface area (TPSA) is 9.23 Å². The van der Waals surface area contributed by atoms with Gasteiger partial charge in [0.2, 0.25) is 0 Å². The zero-order valence-electron chi connectivity index (χ0n) is 9.74. The van der Waals surface area contributed by atoms with E-state index in [0.717, 1.165) is 24.5 Å². The third-order valence-corrected chi connectivity index (χ3v) is 3.46. The maximum atomic E-state index is 5.75. The molecule has 1 aliphatic rings. The van der Waals surface area contributed by atoms with Crippen LogP contribution >= 0.6 is 12.6 Å². The van der Waals surface area contributed by atoms with E-state index in [-0.39, 0.29) is 0 Å². The van der Waals surface area contributed by atoms with E-state index in [0.29, 0.717) is 0 Å². The van der Waals surface area contributed by atoms with Gasteiger partial charge in [-0.15, -0.1) is 0 Å². The van der Waals surface area contributed by atoms with Crippen molar-refractivity contribution in [3.8, 4) is 5.75 Å². The van der Waals surface area contributed by atoms with E-state index in [2.05, 4.69) is 30.8 Å². The summed E-state index contributed by atoms with van der Waals surface area (Å²) in [7, 11) is 0. The van der Waals surface area contributed by atoms with Gasteiger partial charge >= 0.3 is 0 Å². The zero-order chi connectivity index (χ0) is 11.2. The summed E-state index contributed by atoms with van der Waals surface area (Å²) in [6, 6.07) is 6.56. The summed E-state index contributed by atoms with van der Waals surface area (Å²) in [6.45, 7) is 0.840. The van der Waals surface area contributed by atoms with Crippen LogP contribution < -0.4 is 4.74 Å². The maximum Gasteiger partial charge on any atom is 0.119 e. The summed E-state index contributed by atoms with van der Waals surface area (Å²) in [5.74, 6) is 2.03. The zero-order valence-corrected chi connectivity index (χ0v) is 10.6. The molecule has 2 heteroatoms. The molecular formula is C14H20OS. The molecule has 0 N–H and O–H groups in total. The first-order valence-corrected chi connectivity index (χ1v) is 6.89. The lowest BCUT2D eigenvalue weighted by Gasteiger charge is -2.07. The van der Waals surface area contributed by atoms with Gasteiger partial charge in [-0.3, -0.25) is 0 Å². The molecule has 0 aliphatic heterocycles. The fourth-order valence-corrected chi connectivity index (χ4v) is 2.44. The lowest BCUT2D eigenvalue weighted by Crippen LogP contribution is -1.98. The van der Waals surface area contributed by atoms with Crippen molar-refractivity contribution in [2.24, 2.45) is 0 Å². The molecule has 0 unspecified atom stereocenters. The van der Waals surface area contributed by atoms with E-state index in [1.165, 1.54) is 43.2 Å². The average molecular weight is 236 g/mol. The molecule has 0 spiro atoms. The van der Waals surface area contributed by atoms with Gasteiger partial charge in [0.1, 0.15) is 5.75 Å². The Labute approximate surface area is 104 Å². The van der Waals surface area contributed by atoms with Gasteiger partial charge in [0, 0.05) is 0 Å². The van der Waals surface area contributed by atoms with Crippen LogP contribution in [0.3, 0.4) is 0 Å². The molecule has 1 aromatic rings. The summed E-state index contributed by atoms with van der Waals surface area (Å²) >= 11 is 4.20. The fourth-order valence-electron chi connectivity index (χ4n) is 2.22. The second-order valence-corrected chi connectivity index (χ2v) is 4.86. The molecule has 0 saturated heterocycles. The number of hydrogen-bond donors (Lipinski definition) is 1. The first kappa shape index (κ1) is 11.8. The molecule has 2 rings (SSSR count). The van der Waals surface area contributed by atoms with E-state index in [1.807, 2.05) is 0 Å². The van der Waals surface area contributed by atoms with Crippen molar-refractivity contribution in [3.63, 3.8) is 0 Å². The number of ether oxygens (including phenoxy) is 1. The summed E-state index contributed by atoms with van der Waals surface area (Å²) in [5.41, 5.74) is 3.01. The minimum Gasteiger partial charge on any atom is -0.494 e. The van der Waals surface area contributed by atoms with Crippen LogP contribution in [0.5, 0.6) is 5.75 Å². The van der Waals surface area contributed by atoms with Crippen LogP contribution in [-0.4, -0.2) is 12.4 Å². The molecule has 1 nitrogen and oxygen atoms in total. The summed E-state index contributed by atoms with van der Waals surface area (Å²) < 4.78 is 5.75. The second-order valence-electron chi connectivity index (χ2n) is 4.42. The Morgan fingerprint density at radius 2 is 1.94 bits per heavy atom. The van der Waals surface area contributed by atoms with Crippen molar-refractivity contribution in [2.75, 3.05) is 12.4 Å². The van der Waals surface area contributed by atoms with Crippen molar-refractivity contribution in [2.45, 2.75) is 38.5 Å². The number of benzene rings is 1. The molecule has 1 aliphatic carbocycles. The summed E-state index contributed by atoms with van der Waals surface area (Å²) in [6.07, 6.45) is 7.33. The standard InChI is InChI=1S/C14H20OS/c16-10-3-1-2-9-15-14-8-7-12-5-4-6-13(12)11-14/h7-8,11,16H,1-6,9-10H2. The fraction of sp³-hybridized carbons (Fsp3) is 0.571. The minimum atomic E-state index is 0.840. The number of hydrogen-bond acceptors (Lipinski definition) is 2. The Bertz CT molecular complexity index is 336. The number of aryl methyl sites for hydroxylation is 2. The lowest BCUT2D eigenvalue weighted by molar-refractivity contribution is 0.306. The summed E-state index contributed by atoms with van der Waals surface area (Å²) in [4.78, 5) is 0. The van der Waals surface area contributed by atoms with E-state index in [4.69, 9.17) is 4.74 Å². The van der Waals surface area contributed by atoms with Crippen LogP contribution in [-0.2, 0) is 12.8 Å². The monoisotopic (exact) mass is 236 g/mol. The average Bonchev–Trinajstić information content (AvgIpc) is 2.76. The van der Waals surface area contributed by atoms with Gasteiger partial charge < -0.3 is 4.74 Å². The number of rotatable bonds is 6. The summed E-state index contributed by atoms with van der Waals surface area (Å²) in [5, 5.41) is 0. The first-order valence-electron chi connectivity index (χ1n) is 6.25. The van der Waals surface area contributed by atoms with Crippen molar-refractivity contribution in [1.82, 2.24) is 0 Å². The van der Waals surface area contributed by atoms with E-state index < -0.39 is 0 Å². The highest BCUT2D eigenvalue weighted by molar-refractivity contribution is 7.80. The largest absolute Gasteiger partial charge is 0.494 e. The third kappa shape index (κ3) is 3.18. The van der Waals surface area contributed by atoms with Crippen LogP contribution in [0.1, 0.15) is 36.8 Å². The Morgan fingerprint density at radius 1 is 1.06 bits per heavy atom. The van der Waals surface area contributed by atoms with Crippen LogP contribution in [0.2, 0.25) is 0 Å². The minimum absolute atomic E-state index is 0.840. The number of fused-ring (bicyclic) bond motifs is 1. The van der Waals surface area contributed by atoms with Crippen LogP contribution in [0.4, 0.5) is 0 Å². The molecule has 16 heavy (non-hydrogen) atoms. The molecule has 1 aromatic carbocycles. The highest BCUT2D eigenvalue weighted by Gasteiger charge is 2.10. The van der Waals surface area contributed by atoms with E-state index in [1.54, 1.807) is 0 Å². The molecule has 0 atom stereocenters. The Kier molecular flexibility index (Phi) is 4.58. The molecule has 0 aromatic heterocycles. The lowest BCUT2D eigenvalue weighted by atomic mass is 10.1. The number of thiol groups is 1. The van der Waals surface area contributed by atoms with Crippen molar-refractivity contribution >= 4 is 12.6 Å². The Morgan fingerprint density at radius 3 is 2.81 bits per heavy atom. The van der Waals surface area contributed by atoms with Gasteiger partial charge in [-0.1, -0.05) is 6.07 Å². The smallest absolute Gasteiger partial charge is 0.119 e. The van der Waals surface area contributed by atoms with Gasteiger partial charge in [0.15, 0.2) is 0 Å². The van der Waals surface area contributed by atoms with Crippen molar-refractivity contribution < 1.29 is 4.74 Å². The van der Waals surface area contributed by atoms with Gasteiger partial charge in [-0.05, 0) is 67.5 Å². The van der Waals surface area contributed by atoms with Crippen molar-refractivity contribution in [1.29, 1.82) is 0 Å². The van der Waals surface area contributed by atoms with Gasteiger partial charge in [0.05, 0.1) is 6.61 Å². The molecule has 0 amide bonds. The Balaban J connectivity index is 1.77. The quantitative estimate of drug-likeness (QED) is 0.586. The predicted molar refractivity (Wildman–Crippen MR) is 71.7 cm³/mol. The van der Waals surface area contributed by atoms with Crippen molar-refractivity contribution in [3.05, 3.63) is 29.3 Å². The normalized spacial score (nSPS) is 13.8. The third-order valence-electron chi connectivity index (χ3n) is 3.14. The molecule has 0 saturated carbocycles.